The fourth-order valence-corrected chi connectivity index (χ4v) is 1.96. The minimum atomic E-state index is -0.397. The van der Waals surface area contributed by atoms with Gasteiger partial charge in [-0.25, -0.2) is 4.68 Å². The molecule has 5 heteroatoms. The lowest BCUT2D eigenvalue weighted by molar-refractivity contribution is -0.384. The van der Waals surface area contributed by atoms with E-state index in [9.17, 15) is 10.1 Å². The van der Waals surface area contributed by atoms with Gasteiger partial charge >= 0.3 is 0 Å². The highest BCUT2D eigenvalue weighted by molar-refractivity contribution is 5.80. The van der Waals surface area contributed by atoms with Crippen LogP contribution in [0.25, 0.3) is 16.6 Å². The van der Waals surface area contributed by atoms with Gasteiger partial charge in [-0.2, -0.15) is 5.10 Å². The van der Waals surface area contributed by atoms with Gasteiger partial charge in [0.25, 0.3) is 5.69 Å². The Morgan fingerprint density at radius 3 is 2.61 bits per heavy atom. The fraction of sp³-hybridized carbons (Fsp3) is 0. The molecule has 5 nitrogen and oxygen atoms in total. The number of para-hydroxylation sites is 3. The van der Waals surface area contributed by atoms with Crippen LogP contribution in [0.1, 0.15) is 0 Å². The molecular weight excluding hydrogens is 230 g/mol. The van der Waals surface area contributed by atoms with E-state index in [4.69, 9.17) is 0 Å². The van der Waals surface area contributed by atoms with E-state index in [-0.39, 0.29) is 5.69 Å². The zero-order chi connectivity index (χ0) is 12.5. The number of aromatic nitrogens is 2. The van der Waals surface area contributed by atoms with Gasteiger partial charge < -0.3 is 0 Å². The van der Waals surface area contributed by atoms with Crippen molar-refractivity contribution in [2.24, 2.45) is 0 Å². The normalized spacial score (nSPS) is 10.7. The summed E-state index contributed by atoms with van der Waals surface area (Å²) in [5.41, 5.74) is 1.38. The molecule has 0 unspecified atom stereocenters. The summed E-state index contributed by atoms with van der Waals surface area (Å²) in [6.45, 7) is 0. The molecule has 1 heterocycles. The highest BCUT2D eigenvalue weighted by Gasteiger charge is 2.16. The van der Waals surface area contributed by atoms with E-state index in [1.54, 1.807) is 29.1 Å². The van der Waals surface area contributed by atoms with Gasteiger partial charge in [0.05, 0.1) is 16.6 Å². The standard InChI is InChI=1S/C13H9N3O2/c17-16(18)13-8-4-3-7-12(13)15-11-6-2-1-5-10(11)9-14-15/h1-9H. The van der Waals surface area contributed by atoms with Crippen molar-refractivity contribution < 1.29 is 4.92 Å². The Bertz CT molecular complexity index is 734. The van der Waals surface area contributed by atoms with Crippen LogP contribution in [0.2, 0.25) is 0 Å². The highest BCUT2D eigenvalue weighted by atomic mass is 16.6. The molecule has 0 fully saturated rings. The van der Waals surface area contributed by atoms with Crippen LogP contribution in [0, 0.1) is 10.1 Å². The van der Waals surface area contributed by atoms with Gasteiger partial charge in [-0.05, 0) is 12.1 Å². The third-order valence-corrected chi connectivity index (χ3v) is 2.78. The van der Waals surface area contributed by atoms with Gasteiger partial charge in [0.15, 0.2) is 0 Å². The first-order valence-electron chi connectivity index (χ1n) is 5.44. The summed E-state index contributed by atoms with van der Waals surface area (Å²) in [6, 6.07) is 14.2. The van der Waals surface area contributed by atoms with Crippen LogP contribution < -0.4 is 0 Å². The molecule has 0 aliphatic heterocycles. The summed E-state index contributed by atoms with van der Waals surface area (Å²) in [4.78, 5) is 10.6. The average molecular weight is 239 g/mol. The molecule has 0 aliphatic carbocycles. The molecule has 0 bridgehead atoms. The second kappa shape index (κ2) is 3.96. The maximum absolute atomic E-state index is 11.0. The Balaban J connectivity index is 2.30. The maximum atomic E-state index is 11.0. The number of hydrogen-bond acceptors (Lipinski definition) is 3. The van der Waals surface area contributed by atoms with Gasteiger partial charge in [-0.15, -0.1) is 0 Å². The van der Waals surface area contributed by atoms with Crippen molar-refractivity contribution in [3.8, 4) is 5.69 Å². The van der Waals surface area contributed by atoms with E-state index in [0.717, 1.165) is 10.9 Å². The van der Waals surface area contributed by atoms with Crippen molar-refractivity contribution in [2.75, 3.05) is 0 Å². The zero-order valence-corrected chi connectivity index (χ0v) is 9.35. The third-order valence-electron chi connectivity index (χ3n) is 2.78. The molecule has 0 aliphatic rings. The SMILES string of the molecule is O=[N+]([O-])c1ccccc1-n1ncc2ccccc21. The first kappa shape index (κ1) is 10.5. The first-order valence-corrected chi connectivity index (χ1v) is 5.44. The van der Waals surface area contributed by atoms with Gasteiger partial charge in [0, 0.05) is 11.5 Å². The summed E-state index contributed by atoms with van der Waals surface area (Å²) >= 11 is 0. The molecule has 18 heavy (non-hydrogen) atoms. The van der Waals surface area contributed by atoms with Crippen molar-refractivity contribution in [2.45, 2.75) is 0 Å². The van der Waals surface area contributed by atoms with E-state index < -0.39 is 4.92 Å². The van der Waals surface area contributed by atoms with Crippen molar-refractivity contribution in [1.29, 1.82) is 0 Å². The lowest BCUT2D eigenvalue weighted by Gasteiger charge is -2.04. The maximum Gasteiger partial charge on any atom is 0.294 e. The molecule has 3 rings (SSSR count). The summed E-state index contributed by atoms with van der Waals surface area (Å²) < 4.78 is 1.59. The quantitative estimate of drug-likeness (QED) is 0.510. The van der Waals surface area contributed by atoms with Crippen LogP contribution in [-0.4, -0.2) is 14.7 Å². The molecule has 0 atom stereocenters. The monoisotopic (exact) mass is 239 g/mol. The van der Waals surface area contributed by atoms with Gasteiger partial charge in [0.1, 0.15) is 5.69 Å². The average Bonchev–Trinajstić information content (AvgIpc) is 2.82. The second-order valence-corrected chi connectivity index (χ2v) is 3.86. The van der Waals surface area contributed by atoms with Gasteiger partial charge in [0.2, 0.25) is 0 Å². The van der Waals surface area contributed by atoms with Crippen LogP contribution in [-0.2, 0) is 0 Å². The lowest BCUT2D eigenvalue weighted by atomic mass is 10.2. The topological polar surface area (TPSA) is 61.0 Å². The molecular formula is C13H9N3O2. The summed E-state index contributed by atoms with van der Waals surface area (Å²) in [6.07, 6.45) is 1.70. The molecule has 0 N–H and O–H groups in total. The largest absolute Gasteiger partial charge is 0.294 e. The molecule has 0 saturated carbocycles. The minimum Gasteiger partial charge on any atom is -0.258 e. The van der Waals surface area contributed by atoms with Gasteiger partial charge in [-0.1, -0.05) is 30.3 Å². The van der Waals surface area contributed by atoms with Crippen LogP contribution in [0.5, 0.6) is 0 Å². The fourth-order valence-electron chi connectivity index (χ4n) is 1.96. The second-order valence-electron chi connectivity index (χ2n) is 3.86. The Morgan fingerprint density at radius 2 is 1.78 bits per heavy atom. The Labute approximate surface area is 102 Å². The number of nitro groups is 1. The van der Waals surface area contributed by atoms with Crippen LogP contribution in [0.15, 0.2) is 54.7 Å². The number of nitro benzene ring substituents is 1. The molecule has 0 amide bonds. The number of fused-ring (bicyclic) bond motifs is 1. The molecule has 0 spiro atoms. The summed E-state index contributed by atoms with van der Waals surface area (Å²) in [5, 5.41) is 16.2. The molecule has 2 aromatic carbocycles. The van der Waals surface area contributed by atoms with Crippen LogP contribution in [0.4, 0.5) is 5.69 Å². The molecule has 0 radical (unpaired) electrons. The third kappa shape index (κ3) is 1.53. The first-order chi connectivity index (χ1) is 8.77. The zero-order valence-electron chi connectivity index (χ0n) is 9.35. The predicted molar refractivity (Wildman–Crippen MR) is 67.7 cm³/mol. The molecule has 1 aromatic heterocycles. The Morgan fingerprint density at radius 1 is 1.06 bits per heavy atom. The minimum absolute atomic E-state index is 0.0475. The number of nitrogens with zero attached hydrogens (tertiary/aromatic N) is 3. The number of hydrogen-bond donors (Lipinski definition) is 0. The number of rotatable bonds is 2. The van der Waals surface area contributed by atoms with E-state index >= 15 is 0 Å². The van der Waals surface area contributed by atoms with Crippen LogP contribution >= 0.6 is 0 Å². The lowest BCUT2D eigenvalue weighted by Crippen LogP contribution is -2.01. The van der Waals surface area contributed by atoms with Crippen molar-refractivity contribution in [1.82, 2.24) is 9.78 Å². The van der Waals surface area contributed by atoms with Crippen molar-refractivity contribution >= 4 is 16.6 Å². The number of benzene rings is 2. The van der Waals surface area contributed by atoms with E-state index in [1.165, 1.54) is 6.07 Å². The van der Waals surface area contributed by atoms with E-state index in [0.29, 0.717) is 5.69 Å². The van der Waals surface area contributed by atoms with Crippen molar-refractivity contribution in [3.63, 3.8) is 0 Å². The Kier molecular flexibility index (Phi) is 2.30. The van der Waals surface area contributed by atoms with Gasteiger partial charge in [-0.3, -0.25) is 10.1 Å². The van der Waals surface area contributed by atoms with Crippen molar-refractivity contribution in [3.05, 3.63) is 64.8 Å². The van der Waals surface area contributed by atoms with Crippen LogP contribution in [0.3, 0.4) is 0 Å². The molecule has 0 saturated heterocycles. The van der Waals surface area contributed by atoms with E-state index in [1.807, 2.05) is 24.3 Å². The highest BCUT2D eigenvalue weighted by Crippen LogP contribution is 2.25. The molecule has 88 valence electrons. The Hall–Kier alpha value is -2.69. The smallest absolute Gasteiger partial charge is 0.258 e. The summed E-state index contributed by atoms with van der Waals surface area (Å²) in [5.74, 6) is 0. The molecule has 3 aromatic rings. The summed E-state index contributed by atoms with van der Waals surface area (Å²) in [7, 11) is 0. The van der Waals surface area contributed by atoms with E-state index in [2.05, 4.69) is 5.10 Å². The predicted octanol–water partition coefficient (Wildman–Crippen LogP) is 2.93.